The largest absolute Gasteiger partial charge is 0.497 e. The Hall–Kier alpha value is -4.02. The minimum atomic E-state index is -5.29. The molecule has 0 spiro atoms. The SMILES string of the molecule is COc1ccc(CCC(=O)NC2(C(F)(F)F)C(=O)N(Cc3cccc(OC)c3OC)C3=C2C(=O)CC(C)(C)C3)cc1. The Kier molecular flexibility index (Phi) is 8.11. The Morgan fingerprint density at radius 2 is 1.66 bits per heavy atom. The van der Waals surface area contributed by atoms with Crippen LogP contribution in [0.1, 0.15) is 44.2 Å². The van der Waals surface area contributed by atoms with Crippen molar-refractivity contribution in [2.45, 2.75) is 57.8 Å². The lowest BCUT2D eigenvalue weighted by atomic mass is 9.72. The van der Waals surface area contributed by atoms with Crippen LogP contribution in [0.3, 0.4) is 0 Å². The van der Waals surface area contributed by atoms with E-state index in [0.717, 1.165) is 4.90 Å². The molecule has 1 aliphatic heterocycles. The van der Waals surface area contributed by atoms with E-state index in [0.29, 0.717) is 22.6 Å². The normalized spacial score (nSPS) is 20.1. The summed E-state index contributed by atoms with van der Waals surface area (Å²) in [5, 5.41) is 1.98. The molecule has 1 N–H and O–H groups in total. The van der Waals surface area contributed by atoms with E-state index in [1.54, 1.807) is 56.3 Å². The number of carbonyl (C=O) groups is 3. The summed E-state index contributed by atoms with van der Waals surface area (Å²) in [6.45, 7) is 3.19. The van der Waals surface area contributed by atoms with Gasteiger partial charge < -0.3 is 24.4 Å². The van der Waals surface area contributed by atoms with Crippen LogP contribution in [0.4, 0.5) is 13.2 Å². The standard InChI is InChI=1S/C30H33F3N2O6/c1-28(2)15-21-25(22(36)16-28)29(30(31,32)33,34-24(37)14-11-18-9-12-20(39-3)13-10-18)27(38)35(21)17-19-7-6-8-23(40-4)26(19)41-5/h6-10,12-13H,11,14-17H2,1-5H3,(H,34,37). The number of nitrogens with zero attached hydrogens (tertiary/aromatic N) is 1. The van der Waals surface area contributed by atoms with Gasteiger partial charge in [0, 0.05) is 24.1 Å². The molecular weight excluding hydrogens is 541 g/mol. The fourth-order valence-electron chi connectivity index (χ4n) is 5.56. The van der Waals surface area contributed by atoms with Crippen molar-refractivity contribution < 1.29 is 41.8 Å². The van der Waals surface area contributed by atoms with E-state index in [1.807, 2.05) is 5.32 Å². The van der Waals surface area contributed by atoms with Crippen LogP contribution in [0, 0.1) is 5.41 Å². The molecule has 8 nitrogen and oxygen atoms in total. The Labute approximate surface area is 236 Å². The van der Waals surface area contributed by atoms with E-state index < -0.39 is 40.3 Å². The molecular formula is C30H33F3N2O6. The smallest absolute Gasteiger partial charge is 0.425 e. The maximum absolute atomic E-state index is 15.1. The molecule has 2 amide bonds. The molecule has 0 saturated carbocycles. The van der Waals surface area contributed by atoms with Crippen molar-refractivity contribution in [3.8, 4) is 17.2 Å². The van der Waals surface area contributed by atoms with Gasteiger partial charge in [-0.05, 0) is 42.0 Å². The van der Waals surface area contributed by atoms with Crippen LogP contribution in [0.25, 0.3) is 0 Å². The number of aryl methyl sites for hydroxylation is 1. The zero-order valence-corrected chi connectivity index (χ0v) is 23.6. The van der Waals surface area contributed by atoms with Crippen molar-refractivity contribution in [1.82, 2.24) is 10.2 Å². The number of carbonyl (C=O) groups excluding carboxylic acids is 3. The quantitative estimate of drug-likeness (QED) is 0.465. The number of amides is 2. The summed E-state index contributed by atoms with van der Waals surface area (Å²) >= 11 is 0. The lowest BCUT2D eigenvalue weighted by Gasteiger charge is -2.35. The summed E-state index contributed by atoms with van der Waals surface area (Å²) in [5.74, 6) is -2.08. The Morgan fingerprint density at radius 1 is 0.976 bits per heavy atom. The summed E-state index contributed by atoms with van der Waals surface area (Å²) in [6.07, 6.45) is -5.66. The Bertz CT molecular complexity index is 1380. The minimum absolute atomic E-state index is 0.0334. The molecule has 4 rings (SSSR count). The van der Waals surface area contributed by atoms with Gasteiger partial charge in [-0.25, -0.2) is 0 Å². The van der Waals surface area contributed by atoms with E-state index >= 15 is 13.2 Å². The molecule has 1 unspecified atom stereocenters. The molecule has 11 heteroatoms. The van der Waals surface area contributed by atoms with E-state index in [4.69, 9.17) is 14.2 Å². The van der Waals surface area contributed by atoms with Gasteiger partial charge in [0.1, 0.15) is 5.75 Å². The lowest BCUT2D eigenvalue weighted by Crippen LogP contribution is -2.66. The molecule has 2 aromatic carbocycles. The topological polar surface area (TPSA) is 94.2 Å². The van der Waals surface area contributed by atoms with Crippen LogP contribution in [0.2, 0.25) is 0 Å². The van der Waals surface area contributed by atoms with Crippen molar-refractivity contribution in [3.05, 3.63) is 64.9 Å². The van der Waals surface area contributed by atoms with Gasteiger partial charge in [0.25, 0.3) is 5.91 Å². The molecule has 1 heterocycles. The fourth-order valence-corrected chi connectivity index (χ4v) is 5.56. The average Bonchev–Trinajstić information content (AvgIpc) is 3.14. The van der Waals surface area contributed by atoms with Gasteiger partial charge in [0.2, 0.25) is 11.4 Å². The maximum atomic E-state index is 15.1. The number of methoxy groups -OCH3 is 3. The number of para-hydroxylation sites is 1. The molecule has 2 aromatic rings. The van der Waals surface area contributed by atoms with Gasteiger partial charge in [-0.1, -0.05) is 38.1 Å². The van der Waals surface area contributed by atoms with Crippen LogP contribution in [0.15, 0.2) is 53.7 Å². The van der Waals surface area contributed by atoms with Crippen LogP contribution in [-0.2, 0) is 27.3 Å². The van der Waals surface area contributed by atoms with Gasteiger partial charge >= 0.3 is 6.18 Å². The summed E-state index contributed by atoms with van der Waals surface area (Å²) in [5.41, 5.74) is -3.89. The van der Waals surface area contributed by atoms with Crippen molar-refractivity contribution >= 4 is 17.6 Å². The van der Waals surface area contributed by atoms with Crippen LogP contribution < -0.4 is 19.5 Å². The number of Topliss-reactive ketones (excluding diaryl/α,β-unsaturated/α-hetero) is 1. The van der Waals surface area contributed by atoms with Crippen molar-refractivity contribution in [2.75, 3.05) is 21.3 Å². The summed E-state index contributed by atoms with van der Waals surface area (Å²) < 4.78 is 61.1. The van der Waals surface area contributed by atoms with E-state index in [9.17, 15) is 14.4 Å². The van der Waals surface area contributed by atoms with Gasteiger partial charge in [0.05, 0.1) is 33.4 Å². The number of nitrogens with one attached hydrogen (secondary N) is 1. The molecule has 41 heavy (non-hydrogen) atoms. The van der Waals surface area contributed by atoms with Crippen LogP contribution >= 0.6 is 0 Å². The van der Waals surface area contributed by atoms with Crippen molar-refractivity contribution in [2.24, 2.45) is 5.41 Å². The second-order valence-corrected chi connectivity index (χ2v) is 11.0. The van der Waals surface area contributed by atoms with E-state index in [2.05, 4.69) is 0 Å². The van der Waals surface area contributed by atoms with Gasteiger partial charge in [-0.15, -0.1) is 0 Å². The fraction of sp³-hybridized carbons (Fsp3) is 0.433. The van der Waals surface area contributed by atoms with Gasteiger partial charge in [0.15, 0.2) is 17.3 Å². The molecule has 220 valence electrons. The first kappa shape index (κ1) is 30.0. The summed E-state index contributed by atoms with van der Waals surface area (Å²) in [6, 6.07) is 11.6. The number of rotatable bonds is 9. The highest BCUT2D eigenvalue weighted by molar-refractivity contribution is 6.13. The number of hydrogen-bond acceptors (Lipinski definition) is 6. The average molecular weight is 575 g/mol. The highest BCUT2D eigenvalue weighted by Gasteiger charge is 2.71. The Morgan fingerprint density at radius 3 is 2.24 bits per heavy atom. The first-order valence-corrected chi connectivity index (χ1v) is 13.1. The summed E-state index contributed by atoms with van der Waals surface area (Å²) in [4.78, 5) is 41.4. The van der Waals surface area contributed by atoms with Crippen molar-refractivity contribution in [3.63, 3.8) is 0 Å². The molecule has 2 aliphatic rings. The number of hydrogen-bond donors (Lipinski definition) is 1. The molecule has 0 fully saturated rings. The predicted molar refractivity (Wildman–Crippen MR) is 143 cm³/mol. The second-order valence-electron chi connectivity index (χ2n) is 11.0. The first-order valence-electron chi connectivity index (χ1n) is 13.1. The third-order valence-electron chi connectivity index (χ3n) is 7.48. The number of ketones is 1. The zero-order valence-electron chi connectivity index (χ0n) is 23.6. The molecule has 0 saturated heterocycles. The number of alkyl halides is 3. The molecule has 0 radical (unpaired) electrons. The van der Waals surface area contributed by atoms with Gasteiger partial charge in [-0.3, -0.25) is 14.4 Å². The van der Waals surface area contributed by atoms with E-state index in [1.165, 1.54) is 21.3 Å². The number of benzene rings is 2. The third-order valence-corrected chi connectivity index (χ3v) is 7.48. The van der Waals surface area contributed by atoms with Crippen LogP contribution in [0.5, 0.6) is 17.2 Å². The molecule has 0 aromatic heterocycles. The minimum Gasteiger partial charge on any atom is -0.497 e. The van der Waals surface area contributed by atoms with Crippen LogP contribution in [-0.4, -0.2) is 55.5 Å². The van der Waals surface area contributed by atoms with Gasteiger partial charge in [-0.2, -0.15) is 13.2 Å². The zero-order chi connectivity index (χ0) is 30.2. The lowest BCUT2D eigenvalue weighted by molar-refractivity contribution is -0.194. The molecule has 0 bridgehead atoms. The number of halogens is 3. The number of allylic oxidation sites excluding steroid dienone is 1. The third kappa shape index (κ3) is 5.49. The summed E-state index contributed by atoms with van der Waals surface area (Å²) in [7, 11) is 4.30. The highest BCUT2D eigenvalue weighted by atomic mass is 19.4. The molecule has 1 aliphatic carbocycles. The predicted octanol–water partition coefficient (Wildman–Crippen LogP) is 4.75. The van der Waals surface area contributed by atoms with Crippen molar-refractivity contribution in [1.29, 1.82) is 0 Å². The maximum Gasteiger partial charge on any atom is 0.425 e. The number of ether oxygens (including phenoxy) is 3. The van der Waals surface area contributed by atoms with E-state index in [-0.39, 0.29) is 43.7 Å². The second kappa shape index (κ2) is 11.1. The first-order chi connectivity index (χ1) is 19.3. The molecule has 1 atom stereocenters. The Balaban J connectivity index is 1.74. The highest BCUT2D eigenvalue weighted by Crippen LogP contribution is 2.52. The monoisotopic (exact) mass is 574 g/mol.